The molecule has 1 fully saturated rings. The molecule has 0 unspecified atom stereocenters. The molecule has 9 heteroatoms. The summed E-state index contributed by atoms with van der Waals surface area (Å²) in [6, 6.07) is 13.5. The van der Waals surface area contributed by atoms with E-state index in [1.165, 1.54) is 0 Å². The molecule has 1 aliphatic rings. The van der Waals surface area contributed by atoms with Crippen molar-refractivity contribution in [1.29, 1.82) is 0 Å². The van der Waals surface area contributed by atoms with Crippen LogP contribution in [0.15, 0.2) is 48.5 Å². The van der Waals surface area contributed by atoms with Gasteiger partial charge in [0, 0.05) is 48.1 Å². The Balaban J connectivity index is 1.58. The second-order valence-electron chi connectivity index (χ2n) is 6.29. The molecule has 1 heterocycles. The highest BCUT2D eigenvalue weighted by atomic mass is 35.5. The van der Waals surface area contributed by atoms with Crippen molar-refractivity contribution in [2.75, 3.05) is 36.4 Å². The minimum absolute atomic E-state index is 0.00555. The zero-order valence-corrected chi connectivity index (χ0v) is 15.4. The van der Waals surface area contributed by atoms with Crippen molar-refractivity contribution in [3.8, 4) is 0 Å². The fourth-order valence-corrected chi connectivity index (χ4v) is 3.13. The normalized spacial score (nSPS) is 14.7. The van der Waals surface area contributed by atoms with Gasteiger partial charge in [-0.15, -0.1) is 0 Å². The van der Waals surface area contributed by atoms with Crippen LogP contribution < -0.4 is 10.2 Å². The molecule has 0 aliphatic carbocycles. The lowest BCUT2D eigenvalue weighted by Gasteiger charge is -2.36. The number of nitrogens with one attached hydrogen (secondary N) is 1. The van der Waals surface area contributed by atoms with Gasteiger partial charge in [0.25, 0.3) is 5.91 Å². The lowest BCUT2D eigenvalue weighted by molar-refractivity contribution is -0.185. The van der Waals surface area contributed by atoms with Gasteiger partial charge in [-0.1, -0.05) is 17.7 Å². The van der Waals surface area contributed by atoms with Crippen LogP contribution in [0.1, 0.15) is 10.4 Å². The predicted molar refractivity (Wildman–Crippen MR) is 101 cm³/mol. The van der Waals surface area contributed by atoms with Crippen molar-refractivity contribution in [3.63, 3.8) is 0 Å². The first-order valence-electron chi connectivity index (χ1n) is 8.52. The van der Waals surface area contributed by atoms with Gasteiger partial charge >= 0.3 is 12.1 Å². The Morgan fingerprint density at radius 2 is 1.61 bits per heavy atom. The zero-order chi connectivity index (χ0) is 20.3. The number of nitrogens with zero attached hydrogens (tertiary/aromatic N) is 2. The van der Waals surface area contributed by atoms with Gasteiger partial charge in [0.1, 0.15) is 0 Å². The molecule has 28 heavy (non-hydrogen) atoms. The summed E-state index contributed by atoms with van der Waals surface area (Å²) in [4.78, 5) is 26.2. The first-order chi connectivity index (χ1) is 13.2. The first kappa shape index (κ1) is 20.0. The number of amides is 2. The molecule has 1 saturated heterocycles. The van der Waals surface area contributed by atoms with Gasteiger partial charge in [-0.25, -0.2) is 0 Å². The highest BCUT2D eigenvalue weighted by molar-refractivity contribution is 6.31. The Labute approximate surface area is 164 Å². The molecule has 2 aromatic rings. The zero-order valence-electron chi connectivity index (χ0n) is 14.7. The average Bonchev–Trinajstić information content (AvgIpc) is 2.67. The maximum Gasteiger partial charge on any atom is 0.471 e. The molecular formula is C19H17ClF3N3O2. The van der Waals surface area contributed by atoms with E-state index in [1.807, 2.05) is 4.90 Å². The molecule has 2 aromatic carbocycles. The molecule has 2 amide bonds. The Morgan fingerprint density at radius 1 is 0.964 bits per heavy atom. The fourth-order valence-electron chi connectivity index (χ4n) is 2.94. The quantitative estimate of drug-likeness (QED) is 0.835. The number of rotatable bonds is 3. The number of hydrogen-bond acceptors (Lipinski definition) is 3. The van der Waals surface area contributed by atoms with Gasteiger partial charge in [0.15, 0.2) is 0 Å². The maximum absolute atomic E-state index is 12.5. The first-order valence-corrected chi connectivity index (χ1v) is 8.90. The van der Waals surface area contributed by atoms with E-state index in [4.69, 9.17) is 11.6 Å². The highest BCUT2D eigenvalue weighted by Crippen LogP contribution is 2.23. The van der Waals surface area contributed by atoms with Crippen LogP contribution in [0.2, 0.25) is 5.02 Å². The van der Waals surface area contributed by atoms with Crippen molar-refractivity contribution in [2.45, 2.75) is 6.18 Å². The van der Waals surface area contributed by atoms with Crippen molar-refractivity contribution < 1.29 is 22.8 Å². The van der Waals surface area contributed by atoms with E-state index in [-0.39, 0.29) is 19.0 Å². The second-order valence-corrected chi connectivity index (χ2v) is 6.72. The SMILES string of the molecule is O=C(Nc1ccc(N2CCN(C(=O)C(F)(F)F)CC2)cc1)c1cccc(Cl)c1. The molecular weight excluding hydrogens is 395 g/mol. The summed E-state index contributed by atoms with van der Waals surface area (Å²) < 4.78 is 37.5. The standard InChI is InChI=1S/C19H17ClF3N3O2/c20-14-3-1-2-13(12-14)17(27)24-15-4-6-16(7-5-15)25-8-10-26(11-9-25)18(28)19(21,22)23/h1-7,12H,8-11H2,(H,24,27). The van der Waals surface area contributed by atoms with E-state index >= 15 is 0 Å². The molecule has 5 nitrogen and oxygen atoms in total. The smallest absolute Gasteiger partial charge is 0.368 e. The number of alkyl halides is 3. The molecule has 0 saturated carbocycles. The summed E-state index contributed by atoms with van der Waals surface area (Å²) >= 11 is 5.88. The highest BCUT2D eigenvalue weighted by Gasteiger charge is 2.43. The van der Waals surface area contributed by atoms with Crippen molar-refractivity contribution in [1.82, 2.24) is 4.90 Å². The maximum atomic E-state index is 12.5. The summed E-state index contributed by atoms with van der Waals surface area (Å²) in [5.74, 6) is -2.10. The number of carbonyl (C=O) groups excluding carboxylic acids is 2. The van der Waals surface area contributed by atoms with E-state index in [0.29, 0.717) is 29.4 Å². The van der Waals surface area contributed by atoms with Gasteiger partial charge < -0.3 is 15.1 Å². The van der Waals surface area contributed by atoms with Gasteiger partial charge in [0.05, 0.1) is 0 Å². The van der Waals surface area contributed by atoms with Crippen LogP contribution in [0, 0.1) is 0 Å². The van der Waals surface area contributed by atoms with Crippen molar-refractivity contribution >= 4 is 34.8 Å². The average molecular weight is 412 g/mol. The molecule has 0 aromatic heterocycles. The Hall–Kier alpha value is -2.74. The molecule has 0 atom stereocenters. The lowest BCUT2D eigenvalue weighted by atomic mass is 10.2. The summed E-state index contributed by atoms with van der Waals surface area (Å²) in [7, 11) is 0. The summed E-state index contributed by atoms with van der Waals surface area (Å²) in [6.07, 6.45) is -4.84. The molecule has 3 rings (SSSR count). The Bertz CT molecular complexity index is 863. The van der Waals surface area contributed by atoms with Crippen LogP contribution in [0.3, 0.4) is 0 Å². The Kier molecular flexibility index (Phi) is 5.79. The van der Waals surface area contributed by atoms with Gasteiger partial charge in [0.2, 0.25) is 0 Å². The van der Waals surface area contributed by atoms with E-state index in [2.05, 4.69) is 5.32 Å². The van der Waals surface area contributed by atoms with Gasteiger partial charge in [-0.2, -0.15) is 13.2 Å². The molecule has 0 radical (unpaired) electrons. The Morgan fingerprint density at radius 3 is 2.18 bits per heavy atom. The van der Waals surface area contributed by atoms with Crippen LogP contribution in [-0.4, -0.2) is 49.1 Å². The molecule has 0 spiro atoms. The van der Waals surface area contributed by atoms with Crippen LogP contribution in [0.5, 0.6) is 0 Å². The minimum atomic E-state index is -4.84. The number of carbonyl (C=O) groups is 2. The van der Waals surface area contributed by atoms with Gasteiger partial charge in [-0.3, -0.25) is 9.59 Å². The van der Waals surface area contributed by atoms with Crippen LogP contribution >= 0.6 is 11.6 Å². The van der Waals surface area contributed by atoms with Crippen LogP contribution in [0.4, 0.5) is 24.5 Å². The minimum Gasteiger partial charge on any atom is -0.368 e. The molecule has 1 N–H and O–H groups in total. The summed E-state index contributed by atoms with van der Waals surface area (Å²) in [6.45, 7) is 0.614. The number of piperazine rings is 1. The van der Waals surface area contributed by atoms with Crippen molar-refractivity contribution in [3.05, 3.63) is 59.1 Å². The van der Waals surface area contributed by atoms with E-state index < -0.39 is 12.1 Å². The number of hydrogen-bond donors (Lipinski definition) is 1. The topological polar surface area (TPSA) is 52.7 Å². The van der Waals surface area contributed by atoms with Crippen LogP contribution in [0.25, 0.3) is 0 Å². The lowest BCUT2D eigenvalue weighted by Crippen LogP contribution is -2.52. The molecule has 148 valence electrons. The number of halogens is 4. The van der Waals surface area contributed by atoms with Crippen LogP contribution in [-0.2, 0) is 4.79 Å². The van der Waals surface area contributed by atoms with E-state index in [1.54, 1.807) is 48.5 Å². The predicted octanol–water partition coefficient (Wildman–Crippen LogP) is 3.80. The third-order valence-electron chi connectivity index (χ3n) is 4.39. The fraction of sp³-hybridized carbons (Fsp3) is 0.263. The molecule has 1 aliphatic heterocycles. The van der Waals surface area contributed by atoms with Gasteiger partial charge in [-0.05, 0) is 42.5 Å². The largest absolute Gasteiger partial charge is 0.471 e. The van der Waals surface area contributed by atoms with E-state index in [9.17, 15) is 22.8 Å². The van der Waals surface area contributed by atoms with E-state index in [0.717, 1.165) is 10.6 Å². The molecule has 0 bridgehead atoms. The number of benzene rings is 2. The monoisotopic (exact) mass is 411 g/mol. The van der Waals surface area contributed by atoms with Crippen molar-refractivity contribution in [2.24, 2.45) is 0 Å². The number of anilines is 2. The summed E-state index contributed by atoms with van der Waals surface area (Å²) in [5.41, 5.74) is 1.82. The summed E-state index contributed by atoms with van der Waals surface area (Å²) in [5, 5.41) is 3.22. The second kappa shape index (κ2) is 8.10. The third kappa shape index (κ3) is 4.75. The third-order valence-corrected chi connectivity index (χ3v) is 4.62.